The summed E-state index contributed by atoms with van der Waals surface area (Å²) in [5, 5.41) is 3.45. The Morgan fingerprint density at radius 2 is 2.00 bits per heavy atom. The highest BCUT2D eigenvalue weighted by Crippen LogP contribution is 2.32. The van der Waals surface area contributed by atoms with Gasteiger partial charge in [-0.05, 0) is 55.8 Å². The Labute approximate surface area is 185 Å². The molecule has 0 aliphatic carbocycles. The Kier molecular flexibility index (Phi) is 7.76. The number of amidine groups is 1. The van der Waals surface area contributed by atoms with Crippen LogP contribution in [0.4, 0.5) is 11.4 Å². The number of nitrogens with zero attached hydrogens (tertiary/aromatic N) is 2. The Morgan fingerprint density at radius 1 is 1.23 bits per heavy atom. The number of aliphatic imine (C=N–C) groups is 1. The van der Waals surface area contributed by atoms with Gasteiger partial charge in [0.2, 0.25) is 11.8 Å². The Hall–Kier alpha value is -2.51. The topological polar surface area (TPSA) is 71.0 Å². The summed E-state index contributed by atoms with van der Waals surface area (Å²) in [6.07, 6.45) is 0.870. The molecule has 1 fully saturated rings. The third-order valence-corrected chi connectivity index (χ3v) is 5.73. The van der Waals surface area contributed by atoms with E-state index in [4.69, 9.17) is 16.3 Å². The molecule has 2 amide bonds. The van der Waals surface area contributed by atoms with Crippen molar-refractivity contribution in [3.05, 3.63) is 53.6 Å². The molecular weight excluding hydrogens is 422 g/mol. The first-order valence-corrected chi connectivity index (χ1v) is 11.1. The monoisotopic (exact) mass is 445 g/mol. The zero-order valence-corrected chi connectivity index (χ0v) is 18.5. The molecule has 158 valence electrons. The summed E-state index contributed by atoms with van der Waals surface area (Å²) in [7, 11) is 0. The Balaban J connectivity index is 1.71. The highest BCUT2D eigenvalue weighted by Gasteiger charge is 2.38. The Morgan fingerprint density at radius 3 is 2.67 bits per heavy atom. The molecule has 1 heterocycles. The minimum absolute atomic E-state index is 0.0680. The van der Waals surface area contributed by atoms with Crippen LogP contribution >= 0.6 is 23.4 Å². The van der Waals surface area contributed by atoms with E-state index in [0.29, 0.717) is 29.0 Å². The maximum atomic E-state index is 12.9. The van der Waals surface area contributed by atoms with Crippen molar-refractivity contribution < 1.29 is 14.3 Å². The van der Waals surface area contributed by atoms with Crippen LogP contribution in [0, 0.1) is 0 Å². The second kappa shape index (κ2) is 10.5. The number of rotatable bonds is 8. The first kappa shape index (κ1) is 22.2. The molecule has 1 aliphatic heterocycles. The molecule has 2 aromatic carbocycles. The van der Waals surface area contributed by atoms with Crippen LogP contribution < -0.4 is 10.1 Å². The van der Waals surface area contributed by atoms with Gasteiger partial charge in [0.25, 0.3) is 0 Å². The molecule has 30 heavy (non-hydrogen) atoms. The summed E-state index contributed by atoms with van der Waals surface area (Å²) in [6, 6.07) is 14.3. The van der Waals surface area contributed by atoms with Gasteiger partial charge in [0.05, 0.1) is 12.3 Å². The van der Waals surface area contributed by atoms with E-state index in [0.717, 1.165) is 17.9 Å². The number of hydrogen-bond donors (Lipinski definition) is 1. The van der Waals surface area contributed by atoms with Crippen molar-refractivity contribution in [2.45, 2.75) is 31.9 Å². The predicted octanol–water partition coefficient (Wildman–Crippen LogP) is 5.11. The number of anilines is 1. The van der Waals surface area contributed by atoms with Crippen LogP contribution in [-0.4, -0.2) is 40.3 Å². The number of thioether (sulfide) groups is 1. The molecular formula is C22H24ClN3O3S. The van der Waals surface area contributed by atoms with Gasteiger partial charge in [-0.25, -0.2) is 4.99 Å². The molecule has 1 unspecified atom stereocenters. The number of carbonyl (C=O) groups excluding carboxylic acids is 2. The van der Waals surface area contributed by atoms with E-state index in [9.17, 15) is 9.59 Å². The van der Waals surface area contributed by atoms with Gasteiger partial charge in [-0.2, -0.15) is 0 Å². The van der Waals surface area contributed by atoms with Gasteiger partial charge in [0.15, 0.2) is 5.17 Å². The molecule has 6 nitrogen and oxygen atoms in total. The van der Waals surface area contributed by atoms with Crippen LogP contribution in [-0.2, 0) is 9.59 Å². The quantitative estimate of drug-likeness (QED) is 0.613. The highest BCUT2D eigenvalue weighted by molar-refractivity contribution is 8.15. The number of carbonyl (C=O) groups is 2. The third-order valence-electron chi connectivity index (χ3n) is 4.32. The summed E-state index contributed by atoms with van der Waals surface area (Å²) in [5.41, 5.74) is 1.34. The number of halogens is 1. The minimum Gasteiger partial charge on any atom is -0.494 e. The van der Waals surface area contributed by atoms with Crippen LogP contribution in [0.5, 0.6) is 5.75 Å². The van der Waals surface area contributed by atoms with Crippen LogP contribution in [0.1, 0.15) is 26.7 Å². The molecule has 0 saturated carbocycles. The smallest absolute Gasteiger partial charge is 0.242 e. The lowest BCUT2D eigenvalue weighted by atomic mass is 10.2. The molecule has 3 rings (SSSR count). The number of ether oxygens (including phenoxy) is 1. The molecule has 0 radical (unpaired) electrons. The zero-order valence-electron chi connectivity index (χ0n) is 16.9. The molecule has 0 bridgehead atoms. The third kappa shape index (κ3) is 5.77. The molecule has 0 spiro atoms. The molecule has 2 aromatic rings. The number of amides is 2. The first-order chi connectivity index (χ1) is 14.5. The predicted molar refractivity (Wildman–Crippen MR) is 123 cm³/mol. The van der Waals surface area contributed by atoms with E-state index in [1.165, 1.54) is 11.8 Å². The molecule has 1 atom stereocenters. The summed E-state index contributed by atoms with van der Waals surface area (Å²) < 4.78 is 5.45. The van der Waals surface area contributed by atoms with E-state index in [1.807, 2.05) is 38.1 Å². The van der Waals surface area contributed by atoms with Crippen molar-refractivity contribution in [2.75, 3.05) is 18.5 Å². The average molecular weight is 446 g/mol. The lowest BCUT2D eigenvalue weighted by Crippen LogP contribution is -2.34. The van der Waals surface area contributed by atoms with E-state index < -0.39 is 5.25 Å². The second-order valence-corrected chi connectivity index (χ2v) is 8.29. The molecule has 1 saturated heterocycles. The lowest BCUT2D eigenvalue weighted by molar-refractivity contribution is -0.128. The van der Waals surface area contributed by atoms with Crippen molar-refractivity contribution in [3.63, 3.8) is 0 Å². The summed E-state index contributed by atoms with van der Waals surface area (Å²) in [5.74, 6) is 0.451. The van der Waals surface area contributed by atoms with Gasteiger partial charge < -0.3 is 10.1 Å². The fourth-order valence-electron chi connectivity index (χ4n) is 3.00. The number of hydrogen-bond acceptors (Lipinski definition) is 5. The van der Waals surface area contributed by atoms with Crippen LogP contribution in [0.2, 0.25) is 5.02 Å². The van der Waals surface area contributed by atoms with Gasteiger partial charge in [0.1, 0.15) is 11.0 Å². The fourth-order valence-corrected chi connectivity index (χ4v) is 4.37. The largest absolute Gasteiger partial charge is 0.494 e. The van der Waals surface area contributed by atoms with Crippen molar-refractivity contribution in [3.8, 4) is 5.75 Å². The van der Waals surface area contributed by atoms with Gasteiger partial charge in [-0.3, -0.25) is 14.5 Å². The summed E-state index contributed by atoms with van der Waals surface area (Å²) in [4.78, 5) is 31.7. The summed E-state index contributed by atoms with van der Waals surface area (Å²) >= 11 is 7.29. The minimum atomic E-state index is -0.503. The highest BCUT2D eigenvalue weighted by atomic mass is 35.5. The van der Waals surface area contributed by atoms with E-state index in [-0.39, 0.29) is 18.2 Å². The van der Waals surface area contributed by atoms with Crippen LogP contribution in [0.3, 0.4) is 0 Å². The number of benzene rings is 2. The molecule has 8 heteroatoms. The average Bonchev–Trinajstić information content (AvgIpc) is 2.99. The normalized spacial score (nSPS) is 17.4. The van der Waals surface area contributed by atoms with Gasteiger partial charge in [-0.1, -0.05) is 36.4 Å². The van der Waals surface area contributed by atoms with Gasteiger partial charge in [-0.15, -0.1) is 0 Å². The van der Waals surface area contributed by atoms with Gasteiger partial charge in [0, 0.05) is 23.7 Å². The maximum Gasteiger partial charge on any atom is 0.242 e. The van der Waals surface area contributed by atoms with Crippen molar-refractivity contribution in [1.29, 1.82) is 0 Å². The van der Waals surface area contributed by atoms with Crippen LogP contribution in [0.15, 0.2) is 53.5 Å². The van der Waals surface area contributed by atoms with E-state index in [2.05, 4.69) is 10.3 Å². The maximum absolute atomic E-state index is 12.9. The van der Waals surface area contributed by atoms with Gasteiger partial charge >= 0.3 is 0 Å². The van der Waals surface area contributed by atoms with Crippen molar-refractivity contribution in [2.24, 2.45) is 4.99 Å². The van der Waals surface area contributed by atoms with Crippen LogP contribution in [0.25, 0.3) is 0 Å². The molecule has 1 N–H and O–H groups in total. The number of nitrogens with one attached hydrogen (secondary N) is 1. The van der Waals surface area contributed by atoms with Crippen molar-refractivity contribution in [1.82, 2.24) is 4.90 Å². The Bertz CT molecular complexity index is 933. The SMILES string of the molecule is CCCN1C(=O)C(CC(=O)Nc2cccc(Cl)c2)SC1=Nc1ccc(OCC)cc1. The van der Waals surface area contributed by atoms with E-state index in [1.54, 1.807) is 29.2 Å². The second-order valence-electron chi connectivity index (χ2n) is 6.68. The molecule has 0 aromatic heterocycles. The zero-order chi connectivity index (χ0) is 21.5. The van der Waals surface area contributed by atoms with E-state index >= 15 is 0 Å². The fraction of sp³-hybridized carbons (Fsp3) is 0.318. The summed E-state index contributed by atoms with van der Waals surface area (Å²) in [6.45, 7) is 5.10. The van der Waals surface area contributed by atoms with Crippen molar-refractivity contribution >= 4 is 51.7 Å². The standard InChI is InChI=1S/C22H24ClN3O3S/c1-3-12-26-21(28)19(14-20(27)24-17-7-5-6-15(23)13-17)30-22(26)25-16-8-10-18(11-9-16)29-4-2/h5-11,13,19H,3-4,12,14H2,1-2H3,(H,24,27). The first-order valence-electron chi connectivity index (χ1n) is 9.85. The molecule has 1 aliphatic rings. The lowest BCUT2D eigenvalue weighted by Gasteiger charge is -2.15.